The Hall–Kier alpha value is -1.02. The highest BCUT2D eigenvalue weighted by atomic mass is 15.1. The van der Waals surface area contributed by atoms with Gasteiger partial charge in [-0.3, -0.25) is 0 Å². The molecule has 0 heterocycles. The molecule has 0 aliphatic heterocycles. The largest absolute Gasteiger partial charge is 0.372 e. The third-order valence-corrected chi connectivity index (χ3v) is 3.70. The van der Waals surface area contributed by atoms with Gasteiger partial charge in [-0.25, -0.2) is 0 Å². The molecule has 0 radical (unpaired) electrons. The molecule has 2 rings (SSSR count). The highest BCUT2D eigenvalue weighted by Gasteiger charge is 2.19. The molecule has 0 bridgehead atoms. The Labute approximate surface area is 98.4 Å². The Balaban J connectivity index is 2.08. The number of nitrogens with zero attached hydrogens (tertiary/aromatic N) is 1. The van der Waals surface area contributed by atoms with Gasteiger partial charge in [0.05, 0.1) is 0 Å². The molecule has 2 N–H and O–H groups in total. The van der Waals surface area contributed by atoms with E-state index in [1.807, 2.05) is 6.92 Å². The molecule has 1 aliphatic carbocycles. The molecule has 1 fully saturated rings. The van der Waals surface area contributed by atoms with Crippen LogP contribution in [-0.2, 0) is 0 Å². The first-order valence-electron chi connectivity index (χ1n) is 6.27. The fourth-order valence-electron chi connectivity index (χ4n) is 2.52. The zero-order valence-electron chi connectivity index (χ0n) is 10.3. The van der Waals surface area contributed by atoms with Crippen molar-refractivity contribution in [2.24, 2.45) is 5.73 Å². The maximum atomic E-state index is 5.85. The third-order valence-electron chi connectivity index (χ3n) is 3.70. The summed E-state index contributed by atoms with van der Waals surface area (Å²) in [6, 6.07) is 9.54. The summed E-state index contributed by atoms with van der Waals surface area (Å²) in [5.74, 6) is 0. The molecule has 0 saturated heterocycles. The summed E-state index contributed by atoms with van der Waals surface area (Å²) < 4.78 is 0. The first kappa shape index (κ1) is 11.5. The van der Waals surface area contributed by atoms with Gasteiger partial charge >= 0.3 is 0 Å². The van der Waals surface area contributed by atoms with Gasteiger partial charge in [-0.1, -0.05) is 25.0 Å². The first-order valence-corrected chi connectivity index (χ1v) is 6.27. The van der Waals surface area contributed by atoms with Crippen molar-refractivity contribution in [1.82, 2.24) is 0 Å². The van der Waals surface area contributed by atoms with Crippen LogP contribution in [0.1, 0.15) is 44.2 Å². The summed E-state index contributed by atoms with van der Waals surface area (Å²) in [7, 11) is 2.21. The molecule has 1 aromatic rings. The summed E-state index contributed by atoms with van der Waals surface area (Å²) in [5, 5.41) is 0. The number of nitrogens with two attached hydrogens (primary N) is 1. The first-order chi connectivity index (χ1) is 7.68. The smallest absolute Gasteiger partial charge is 0.0366 e. The average molecular weight is 218 g/mol. The number of benzene rings is 1. The van der Waals surface area contributed by atoms with Gasteiger partial charge in [0.25, 0.3) is 0 Å². The lowest BCUT2D eigenvalue weighted by atomic mass is 10.1. The second-order valence-electron chi connectivity index (χ2n) is 4.93. The molecule has 1 atom stereocenters. The van der Waals surface area contributed by atoms with Gasteiger partial charge in [0.2, 0.25) is 0 Å². The quantitative estimate of drug-likeness (QED) is 0.844. The van der Waals surface area contributed by atoms with E-state index in [4.69, 9.17) is 5.73 Å². The Morgan fingerprint density at radius 2 is 1.75 bits per heavy atom. The molecule has 88 valence electrons. The lowest BCUT2D eigenvalue weighted by Crippen LogP contribution is -2.28. The molecule has 2 heteroatoms. The number of hydrogen-bond acceptors (Lipinski definition) is 2. The summed E-state index contributed by atoms with van der Waals surface area (Å²) in [4.78, 5) is 2.41. The van der Waals surface area contributed by atoms with Gasteiger partial charge in [0.1, 0.15) is 0 Å². The van der Waals surface area contributed by atoms with E-state index in [0.29, 0.717) is 0 Å². The number of rotatable bonds is 3. The van der Waals surface area contributed by atoms with Gasteiger partial charge in [-0.2, -0.15) is 0 Å². The highest BCUT2D eigenvalue weighted by molar-refractivity contribution is 5.48. The summed E-state index contributed by atoms with van der Waals surface area (Å²) in [6.45, 7) is 2.02. The van der Waals surface area contributed by atoms with Crippen LogP contribution in [0.5, 0.6) is 0 Å². The third kappa shape index (κ3) is 2.38. The average Bonchev–Trinajstić information content (AvgIpc) is 2.81. The minimum absolute atomic E-state index is 0.130. The van der Waals surface area contributed by atoms with E-state index in [0.717, 1.165) is 6.04 Å². The molecule has 0 aromatic heterocycles. The van der Waals surface area contributed by atoms with Gasteiger partial charge in [-0.05, 0) is 37.5 Å². The van der Waals surface area contributed by atoms with Crippen molar-refractivity contribution in [2.75, 3.05) is 11.9 Å². The Morgan fingerprint density at radius 1 is 1.19 bits per heavy atom. The van der Waals surface area contributed by atoms with Gasteiger partial charge < -0.3 is 10.6 Å². The standard InChI is InChI=1S/C14H22N2/c1-11(15)12-7-9-14(10-8-12)16(2)13-5-3-4-6-13/h7-11,13H,3-6,15H2,1-2H3. The van der Waals surface area contributed by atoms with Crippen molar-refractivity contribution in [2.45, 2.75) is 44.7 Å². The van der Waals surface area contributed by atoms with Gasteiger partial charge in [0.15, 0.2) is 0 Å². The molecule has 2 nitrogen and oxygen atoms in total. The van der Waals surface area contributed by atoms with Crippen LogP contribution in [0, 0.1) is 0 Å². The van der Waals surface area contributed by atoms with Crippen LogP contribution in [-0.4, -0.2) is 13.1 Å². The number of anilines is 1. The zero-order valence-corrected chi connectivity index (χ0v) is 10.3. The molecular formula is C14H22N2. The van der Waals surface area contributed by atoms with Crippen LogP contribution in [0.15, 0.2) is 24.3 Å². The van der Waals surface area contributed by atoms with Crippen LogP contribution >= 0.6 is 0 Å². The van der Waals surface area contributed by atoms with Crippen molar-refractivity contribution in [3.8, 4) is 0 Å². The van der Waals surface area contributed by atoms with Crippen LogP contribution < -0.4 is 10.6 Å². The van der Waals surface area contributed by atoms with Crippen molar-refractivity contribution in [3.63, 3.8) is 0 Å². The van der Waals surface area contributed by atoms with Crippen molar-refractivity contribution in [3.05, 3.63) is 29.8 Å². The van der Waals surface area contributed by atoms with E-state index >= 15 is 0 Å². The van der Waals surface area contributed by atoms with Crippen LogP contribution in [0.25, 0.3) is 0 Å². The fraction of sp³-hybridized carbons (Fsp3) is 0.571. The van der Waals surface area contributed by atoms with E-state index in [1.54, 1.807) is 0 Å². The van der Waals surface area contributed by atoms with Crippen LogP contribution in [0.4, 0.5) is 5.69 Å². The van der Waals surface area contributed by atoms with Crippen molar-refractivity contribution in [1.29, 1.82) is 0 Å². The van der Waals surface area contributed by atoms with E-state index in [-0.39, 0.29) is 6.04 Å². The summed E-state index contributed by atoms with van der Waals surface area (Å²) in [5.41, 5.74) is 8.38. The SMILES string of the molecule is CC(N)c1ccc(N(C)C2CCCC2)cc1. The lowest BCUT2D eigenvalue weighted by Gasteiger charge is -2.26. The van der Waals surface area contributed by atoms with Crippen LogP contribution in [0.3, 0.4) is 0 Å². The Bertz CT molecular complexity index is 323. The lowest BCUT2D eigenvalue weighted by molar-refractivity contribution is 0.653. The van der Waals surface area contributed by atoms with Crippen molar-refractivity contribution < 1.29 is 0 Å². The maximum Gasteiger partial charge on any atom is 0.0366 e. The predicted molar refractivity (Wildman–Crippen MR) is 69.7 cm³/mol. The van der Waals surface area contributed by atoms with E-state index in [9.17, 15) is 0 Å². The molecule has 1 unspecified atom stereocenters. The maximum absolute atomic E-state index is 5.85. The van der Waals surface area contributed by atoms with E-state index in [1.165, 1.54) is 36.9 Å². The molecule has 1 saturated carbocycles. The molecule has 0 amide bonds. The zero-order chi connectivity index (χ0) is 11.5. The Kier molecular flexibility index (Phi) is 3.49. The monoisotopic (exact) mass is 218 g/mol. The molecular weight excluding hydrogens is 196 g/mol. The normalized spacial score (nSPS) is 18.7. The van der Waals surface area contributed by atoms with Crippen molar-refractivity contribution >= 4 is 5.69 Å². The fourth-order valence-corrected chi connectivity index (χ4v) is 2.52. The topological polar surface area (TPSA) is 29.3 Å². The molecule has 16 heavy (non-hydrogen) atoms. The van der Waals surface area contributed by atoms with E-state index in [2.05, 4.69) is 36.2 Å². The van der Waals surface area contributed by atoms with Crippen LogP contribution in [0.2, 0.25) is 0 Å². The molecule has 0 spiro atoms. The molecule has 1 aromatic carbocycles. The Morgan fingerprint density at radius 3 is 2.25 bits per heavy atom. The highest BCUT2D eigenvalue weighted by Crippen LogP contribution is 2.27. The molecule has 1 aliphatic rings. The van der Waals surface area contributed by atoms with Gasteiger partial charge in [-0.15, -0.1) is 0 Å². The summed E-state index contributed by atoms with van der Waals surface area (Å²) >= 11 is 0. The second-order valence-corrected chi connectivity index (χ2v) is 4.93. The predicted octanol–water partition coefficient (Wildman–Crippen LogP) is 3.09. The van der Waals surface area contributed by atoms with E-state index < -0.39 is 0 Å². The second kappa shape index (κ2) is 4.88. The minimum atomic E-state index is 0.130. The van der Waals surface area contributed by atoms with Gasteiger partial charge in [0, 0.05) is 24.8 Å². The number of hydrogen-bond donors (Lipinski definition) is 1. The summed E-state index contributed by atoms with van der Waals surface area (Å²) in [6.07, 6.45) is 5.44. The minimum Gasteiger partial charge on any atom is -0.372 e.